The van der Waals surface area contributed by atoms with Gasteiger partial charge in [-0.25, -0.2) is 4.79 Å². The number of nitrogens with one attached hydrogen (secondary N) is 2. The van der Waals surface area contributed by atoms with Gasteiger partial charge in [0.2, 0.25) is 11.8 Å². The predicted octanol–water partition coefficient (Wildman–Crippen LogP) is 5.41. The van der Waals surface area contributed by atoms with Gasteiger partial charge >= 0.3 is 5.97 Å². The Morgan fingerprint density at radius 2 is 1.71 bits per heavy atom. The predicted molar refractivity (Wildman–Crippen MR) is 177 cm³/mol. The first-order valence-corrected chi connectivity index (χ1v) is 15.1. The normalized spacial score (nSPS) is 15.3. The Bertz CT molecular complexity index is 1280. The molecule has 2 amide bonds. The van der Waals surface area contributed by atoms with Crippen LogP contribution in [0.15, 0.2) is 71.9 Å². The van der Waals surface area contributed by atoms with E-state index in [9.17, 15) is 29.7 Å². The first-order chi connectivity index (χ1) is 21.4. The molecule has 0 aromatic heterocycles. The van der Waals surface area contributed by atoms with E-state index in [0.717, 1.165) is 0 Å². The fourth-order valence-corrected chi connectivity index (χ4v) is 4.22. The highest BCUT2D eigenvalue weighted by molar-refractivity contribution is 5.95. The third kappa shape index (κ3) is 14.0. The molecule has 0 radical (unpaired) electrons. The molecule has 0 fully saturated rings. The van der Waals surface area contributed by atoms with Gasteiger partial charge in [-0.15, -0.1) is 0 Å². The van der Waals surface area contributed by atoms with Crippen molar-refractivity contribution < 1.29 is 39.2 Å². The van der Waals surface area contributed by atoms with Gasteiger partial charge in [0.05, 0.1) is 24.8 Å². The van der Waals surface area contributed by atoms with Gasteiger partial charge in [-0.3, -0.25) is 9.59 Å². The fourth-order valence-electron chi connectivity index (χ4n) is 4.22. The molecule has 0 aliphatic rings. The molecule has 5 N–H and O–H groups in total. The highest BCUT2D eigenvalue weighted by Crippen LogP contribution is 2.33. The van der Waals surface area contributed by atoms with Gasteiger partial charge in [-0.1, -0.05) is 55.5 Å². The molecule has 0 aliphatic heterocycles. The second-order valence-electron chi connectivity index (χ2n) is 10.8. The molecule has 0 saturated carbocycles. The summed E-state index contributed by atoms with van der Waals surface area (Å²) in [6, 6.07) is 1.81. The Balaban J connectivity index is 3.04. The van der Waals surface area contributed by atoms with Gasteiger partial charge in [0, 0.05) is 31.1 Å². The third-order valence-electron chi connectivity index (χ3n) is 7.20. The SMILES string of the molecule is CC=CC=CC=CCC(OC(=O)C(C)NC(=O)C(C)=CC)C(C)C(O)C(C)=CCCc1cc(O)cc(NC(=O)CCOC)c1O. The van der Waals surface area contributed by atoms with Crippen LogP contribution in [-0.2, 0) is 30.3 Å². The minimum absolute atomic E-state index is 0.0986. The van der Waals surface area contributed by atoms with Crippen molar-refractivity contribution in [3.8, 4) is 11.5 Å². The number of esters is 1. The molecule has 1 rings (SSSR count). The third-order valence-corrected chi connectivity index (χ3v) is 7.20. The van der Waals surface area contributed by atoms with E-state index in [-0.39, 0.29) is 42.0 Å². The molecular formula is C35H50N2O8. The Hall–Kier alpha value is -4.15. The molecule has 0 spiro atoms. The Labute approximate surface area is 267 Å². The summed E-state index contributed by atoms with van der Waals surface area (Å²) in [6.07, 6.45) is 14.2. The number of amides is 2. The lowest BCUT2D eigenvalue weighted by Crippen LogP contribution is -2.43. The van der Waals surface area contributed by atoms with Crippen molar-refractivity contribution >= 4 is 23.5 Å². The van der Waals surface area contributed by atoms with E-state index in [1.807, 2.05) is 49.5 Å². The average Bonchev–Trinajstić information content (AvgIpc) is 3.01. The number of allylic oxidation sites excluding steroid dienone is 7. The molecule has 10 nitrogen and oxygen atoms in total. The summed E-state index contributed by atoms with van der Waals surface area (Å²) in [6.45, 7) is 10.6. The zero-order valence-electron chi connectivity index (χ0n) is 27.5. The number of anilines is 1. The quantitative estimate of drug-likeness (QED) is 0.0362. The number of carbonyl (C=O) groups excluding carboxylic acids is 3. The van der Waals surface area contributed by atoms with E-state index in [1.165, 1.54) is 19.2 Å². The molecule has 0 heterocycles. The maximum Gasteiger partial charge on any atom is 0.328 e. The summed E-state index contributed by atoms with van der Waals surface area (Å²) < 4.78 is 10.7. The molecule has 0 saturated heterocycles. The van der Waals surface area contributed by atoms with Crippen LogP contribution in [0.2, 0.25) is 0 Å². The van der Waals surface area contributed by atoms with E-state index in [1.54, 1.807) is 40.7 Å². The fraction of sp³-hybridized carbons (Fsp3) is 0.457. The largest absolute Gasteiger partial charge is 0.508 e. The van der Waals surface area contributed by atoms with Crippen LogP contribution in [0, 0.1) is 5.92 Å². The van der Waals surface area contributed by atoms with Crippen LogP contribution in [0.4, 0.5) is 5.69 Å². The number of carbonyl (C=O) groups is 3. The first-order valence-electron chi connectivity index (χ1n) is 15.1. The Kier molecular flexibility index (Phi) is 17.9. The Morgan fingerprint density at radius 3 is 2.36 bits per heavy atom. The standard InChI is InChI=1S/C35H50N2O8/c1-8-10-11-12-13-14-18-30(45-35(43)26(6)36-34(42)23(3)9-2)25(5)32(40)24(4)16-15-17-27-21-28(38)22-29(33(27)41)37-31(39)19-20-44-7/h8-14,16,21-22,25-26,30,32,38,40-41H,15,17-20H2,1-7H3,(H,36,42)(H,37,39). The van der Waals surface area contributed by atoms with Gasteiger partial charge in [0.25, 0.3) is 0 Å². The minimum atomic E-state index is -0.960. The number of ether oxygens (including phenoxy) is 2. The second kappa shape index (κ2) is 20.7. The van der Waals surface area contributed by atoms with Crippen molar-refractivity contribution in [2.45, 2.75) is 85.5 Å². The van der Waals surface area contributed by atoms with Gasteiger partial charge in [-0.2, -0.15) is 0 Å². The number of benzene rings is 1. The zero-order chi connectivity index (χ0) is 33.9. The van der Waals surface area contributed by atoms with Gasteiger partial charge < -0.3 is 35.4 Å². The molecular weight excluding hydrogens is 576 g/mol. The lowest BCUT2D eigenvalue weighted by molar-refractivity contribution is -0.156. The van der Waals surface area contributed by atoms with Crippen molar-refractivity contribution in [1.82, 2.24) is 5.32 Å². The number of rotatable bonds is 18. The summed E-state index contributed by atoms with van der Waals surface area (Å²) >= 11 is 0. The highest BCUT2D eigenvalue weighted by atomic mass is 16.5. The highest BCUT2D eigenvalue weighted by Gasteiger charge is 2.30. The lowest BCUT2D eigenvalue weighted by atomic mass is 9.90. The monoisotopic (exact) mass is 626 g/mol. The molecule has 0 bridgehead atoms. The van der Waals surface area contributed by atoms with Crippen LogP contribution < -0.4 is 10.6 Å². The van der Waals surface area contributed by atoms with Crippen molar-refractivity contribution in [3.63, 3.8) is 0 Å². The number of phenols is 2. The van der Waals surface area contributed by atoms with E-state index in [4.69, 9.17) is 9.47 Å². The molecule has 4 unspecified atom stereocenters. The van der Waals surface area contributed by atoms with Crippen LogP contribution in [0.25, 0.3) is 0 Å². The van der Waals surface area contributed by atoms with Crippen LogP contribution >= 0.6 is 0 Å². The topological polar surface area (TPSA) is 154 Å². The molecule has 0 aliphatic carbocycles. The van der Waals surface area contributed by atoms with Crippen LogP contribution in [0.5, 0.6) is 11.5 Å². The van der Waals surface area contributed by atoms with Crippen LogP contribution in [0.3, 0.4) is 0 Å². The van der Waals surface area contributed by atoms with Crippen molar-refractivity contribution in [3.05, 3.63) is 77.5 Å². The number of hydrogen-bond donors (Lipinski definition) is 5. The van der Waals surface area contributed by atoms with E-state index in [2.05, 4.69) is 10.6 Å². The summed E-state index contributed by atoms with van der Waals surface area (Å²) in [7, 11) is 1.48. The molecule has 248 valence electrons. The molecule has 45 heavy (non-hydrogen) atoms. The number of aliphatic hydroxyl groups is 1. The maximum atomic E-state index is 12.9. The summed E-state index contributed by atoms with van der Waals surface area (Å²) in [4.78, 5) is 37.2. The van der Waals surface area contributed by atoms with E-state index < -0.39 is 30.1 Å². The maximum absolute atomic E-state index is 12.9. The lowest BCUT2D eigenvalue weighted by Gasteiger charge is -2.29. The molecule has 10 heteroatoms. The van der Waals surface area contributed by atoms with Gasteiger partial charge in [0.15, 0.2) is 0 Å². The number of methoxy groups -OCH3 is 1. The molecule has 1 aromatic carbocycles. The molecule has 1 aromatic rings. The Morgan fingerprint density at radius 1 is 1.02 bits per heavy atom. The van der Waals surface area contributed by atoms with Crippen molar-refractivity contribution in [2.24, 2.45) is 5.92 Å². The van der Waals surface area contributed by atoms with Gasteiger partial charge in [-0.05, 0) is 64.7 Å². The van der Waals surface area contributed by atoms with E-state index in [0.29, 0.717) is 36.0 Å². The van der Waals surface area contributed by atoms with E-state index >= 15 is 0 Å². The molecule has 4 atom stereocenters. The summed E-state index contributed by atoms with van der Waals surface area (Å²) in [5.74, 6) is -2.09. The summed E-state index contributed by atoms with van der Waals surface area (Å²) in [5, 5.41) is 37.2. The number of hydrogen-bond acceptors (Lipinski definition) is 8. The number of aromatic hydroxyl groups is 2. The van der Waals surface area contributed by atoms with Crippen molar-refractivity contribution in [1.29, 1.82) is 0 Å². The smallest absolute Gasteiger partial charge is 0.328 e. The van der Waals surface area contributed by atoms with Crippen LogP contribution in [-0.4, -0.2) is 65.1 Å². The van der Waals surface area contributed by atoms with Crippen LogP contribution in [0.1, 0.15) is 66.4 Å². The minimum Gasteiger partial charge on any atom is -0.508 e. The number of phenolic OH excluding ortho intramolecular Hbond substituents is 2. The number of aliphatic hydroxyl groups excluding tert-OH is 1. The second-order valence-corrected chi connectivity index (χ2v) is 10.8. The first kappa shape index (κ1) is 38.9. The van der Waals surface area contributed by atoms with Crippen molar-refractivity contribution in [2.75, 3.05) is 19.0 Å². The van der Waals surface area contributed by atoms with Gasteiger partial charge in [0.1, 0.15) is 23.6 Å². The zero-order valence-corrected chi connectivity index (χ0v) is 27.5. The number of aryl methyl sites for hydroxylation is 1. The average molecular weight is 627 g/mol. The summed E-state index contributed by atoms with van der Waals surface area (Å²) in [5.41, 5.74) is 1.65.